The fraction of sp³-hybridized carbons (Fsp3) is 0.214. The van der Waals surface area contributed by atoms with E-state index >= 15 is 0 Å². The van der Waals surface area contributed by atoms with Gasteiger partial charge in [-0.15, -0.1) is 0 Å². The molecule has 0 spiro atoms. The highest BCUT2D eigenvalue weighted by Crippen LogP contribution is 2.29. The summed E-state index contributed by atoms with van der Waals surface area (Å²) in [5.41, 5.74) is 0.907. The molecule has 0 amide bonds. The van der Waals surface area contributed by atoms with Gasteiger partial charge in [0.25, 0.3) is 5.56 Å². The van der Waals surface area contributed by atoms with Gasteiger partial charge in [-0.1, -0.05) is 11.6 Å². The zero-order chi connectivity index (χ0) is 14.7. The van der Waals surface area contributed by atoms with E-state index in [0.29, 0.717) is 23.0 Å². The SMILES string of the molecule is CCn1nc(-c2ccc(OC)c(Cl)c2)cc(C#N)c1=O. The second-order valence-corrected chi connectivity index (χ2v) is 4.43. The molecule has 2 aromatic rings. The molecule has 0 saturated heterocycles. The summed E-state index contributed by atoms with van der Waals surface area (Å²) in [6, 6.07) is 8.53. The molecule has 0 unspecified atom stereocenters. The van der Waals surface area contributed by atoms with Gasteiger partial charge < -0.3 is 4.74 Å². The Balaban J connectivity index is 2.61. The fourth-order valence-electron chi connectivity index (χ4n) is 1.80. The molecule has 20 heavy (non-hydrogen) atoms. The Hall–Kier alpha value is -2.32. The average molecular weight is 290 g/mol. The van der Waals surface area contributed by atoms with E-state index in [4.69, 9.17) is 21.6 Å². The number of nitriles is 1. The lowest BCUT2D eigenvalue weighted by atomic mass is 10.1. The minimum Gasteiger partial charge on any atom is -0.495 e. The van der Waals surface area contributed by atoms with E-state index in [0.717, 1.165) is 5.56 Å². The van der Waals surface area contributed by atoms with E-state index in [9.17, 15) is 4.79 Å². The quantitative estimate of drug-likeness (QED) is 0.870. The molecule has 1 aromatic carbocycles. The number of aromatic nitrogens is 2. The predicted octanol–water partition coefficient (Wildman–Crippen LogP) is 2.46. The first-order valence-electron chi connectivity index (χ1n) is 5.97. The number of aryl methyl sites for hydroxylation is 1. The summed E-state index contributed by atoms with van der Waals surface area (Å²) in [6.07, 6.45) is 0. The number of nitrogens with zero attached hydrogens (tertiary/aromatic N) is 3. The molecule has 6 heteroatoms. The molecule has 102 valence electrons. The third-order valence-electron chi connectivity index (χ3n) is 2.84. The van der Waals surface area contributed by atoms with Crippen LogP contribution in [0.25, 0.3) is 11.3 Å². The maximum atomic E-state index is 11.8. The van der Waals surface area contributed by atoms with Gasteiger partial charge in [0, 0.05) is 12.1 Å². The van der Waals surface area contributed by atoms with Crippen molar-refractivity contribution >= 4 is 11.6 Å². The van der Waals surface area contributed by atoms with Gasteiger partial charge in [0.15, 0.2) is 0 Å². The highest BCUT2D eigenvalue weighted by molar-refractivity contribution is 6.32. The van der Waals surface area contributed by atoms with Crippen LogP contribution < -0.4 is 10.3 Å². The molecule has 0 saturated carbocycles. The molecule has 1 heterocycles. The van der Waals surface area contributed by atoms with Gasteiger partial charge in [-0.05, 0) is 31.2 Å². The Morgan fingerprint density at radius 3 is 2.75 bits per heavy atom. The third kappa shape index (κ3) is 2.51. The fourth-order valence-corrected chi connectivity index (χ4v) is 2.06. The van der Waals surface area contributed by atoms with Crippen LogP contribution in [0.2, 0.25) is 5.02 Å². The predicted molar refractivity (Wildman–Crippen MR) is 75.9 cm³/mol. The first-order chi connectivity index (χ1) is 9.60. The smallest absolute Gasteiger partial charge is 0.284 e. The standard InChI is InChI=1S/C14H12ClN3O2/c1-3-18-14(19)10(8-16)7-12(17-18)9-4-5-13(20-2)11(15)6-9/h4-7H,3H2,1-2H3. The molecule has 5 nitrogen and oxygen atoms in total. The first-order valence-corrected chi connectivity index (χ1v) is 6.34. The molecular formula is C14H12ClN3O2. The number of hydrogen-bond donors (Lipinski definition) is 0. The highest BCUT2D eigenvalue weighted by Gasteiger charge is 2.10. The molecule has 0 aliphatic heterocycles. The Morgan fingerprint density at radius 2 is 2.20 bits per heavy atom. The lowest BCUT2D eigenvalue weighted by molar-refractivity contribution is 0.415. The number of ether oxygens (including phenoxy) is 1. The minimum absolute atomic E-state index is 0.0591. The van der Waals surface area contributed by atoms with Crippen molar-refractivity contribution < 1.29 is 4.74 Å². The van der Waals surface area contributed by atoms with Crippen molar-refractivity contribution in [3.63, 3.8) is 0 Å². The van der Waals surface area contributed by atoms with Crippen molar-refractivity contribution in [2.75, 3.05) is 7.11 Å². The summed E-state index contributed by atoms with van der Waals surface area (Å²) in [5, 5.41) is 13.7. The number of halogens is 1. The van der Waals surface area contributed by atoms with E-state index < -0.39 is 5.56 Å². The minimum atomic E-state index is -0.390. The van der Waals surface area contributed by atoms with Crippen molar-refractivity contribution in [2.45, 2.75) is 13.5 Å². The largest absolute Gasteiger partial charge is 0.495 e. The van der Waals surface area contributed by atoms with Crippen LogP contribution >= 0.6 is 11.6 Å². The number of rotatable bonds is 3. The Morgan fingerprint density at radius 1 is 1.45 bits per heavy atom. The Kier molecular flexibility index (Phi) is 4.06. The number of methoxy groups -OCH3 is 1. The van der Waals surface area contributed by atoms with Crippen LogP contribution in [0.1, 0.15) is 12.5 Å². The van der Waals surface area contributed by atoms with Gasteiger partial charge in [-0.25, -0.2) is 4.68 Å². The summed E-state index contributed by atoms with van der Waals surface area (Å²) >= 11 is 6.07. The van der Waals surface area contributed by atoms with Crippen molar-refractivity contribution in [3.8, 4) is 23.1 Å². The van der Waals surface area contributed by atoms with Crippen LogP contribution in [0.15, 0.2) is 29.1 Å². The van der Waals surface area contributed by atoms with Gasteiger partial charge in [-0.2, -0.15) is 10.4 Å². The van der Waals surface area contributed by atoms with E-state index in [1.54, 1.807) is 25.1 Å². The first kappa shape index (κ1) is 14.1. The number of hydrogen-bond acceptors (Lipinski definition) is 4. The van der Waals surface area contributed by atoms with Gasteiger partial charge >= 0.3 is 0 Å². The molecule has 0 aliphatic carbocycles. The molecule has 0 aliphatic rings. The van der Waals surface area contributed by atoms with Gasteiger partial charge in [0.2, 0.25) is 0 Å². The van der Waals surface area contributed by atoms with Crippen LogP contribution in [-0.4, -0.2) is 16.9 Å². The van der Waals surface area contributed by atoms with E-state index in [1.807, 2.05) is 6.07 Å². The van der Waals surface area contributed by atoms with E-state index in [1.165, 1.54) is 17.9 Å². The summed E-state index contributed by atoms with van der Waals surface area (Å²) in [6.45, 7) is 2.19. The summed E-state index contributed by atoms with van der Waals surface area (Å²) in [5.74, 6) is 0.555. The highest BCUT2D eigenvalue weighted by atomic mass is 35.5. The molecule has 2 rings (SSSR count). The Labute approximate surface area is 121 Å². The molecule has 0 N–H and O–H groups in total. The molecule has 0 radical (unpaired) electrons. The van der Waals surface area contributed by atoms with Crippen molar-refractivity contribution in [3.05, 3.63) is 45.2 Å². The topological polar surface area (TPSA) is 67.9 Å². The summed E-state index contributed by atoms with van der Waals surface area (Å²) < 4.78 is 6.34. The van der Waals surface area contributed by atoms with E-state index in [-0.39, 0.29) is 5.56 Å². The van der Waals surface area contributed by atoms with Gasteiger partial charge in [-0.3, -0.25) is 4.79 Å². The average Bonchev–Trinajstić information content (AvgIpc) is 2.47. The molecule has 1 aromatic heterocycles. The maximum absolute atomic E-state index is 11.8. The lowest BCUT2D eigenvalue weighted by Gasteiger charge is -2.08. The number of benzene rings is 1. The van der Waals surface area contributed by atoms with Crippen LogP contribution in [0.4, 0.5) is 0 Å². The van der Waals surface area contributed by atoms with Crippen molar-refractivity contribution in [1.82, 2.24) is 9.78 Å². The molecular weight excluding hydrogens is 278 g/mol. The van der Waals surface area contributed by atoms with Crippen molar-refractivity contribution in [1.29, 1.82) is 5.26 Å². The van der Waals surface area contributed by atoms with Crippen LogP contribution in [-0.2, 0) is 6.54 Å². The van der Waals surface area contributed by atoms with Crippen LogP contribution in [0.3, 0.4) is 0 Å². The zero-order valence-corrected chi connectivity index (χ0v) is 11.8. The molecule has 0 bridgehead atoms. The van der Waals surface area contributed by atoms with Gasteiger partial charge in [0.1, 0.15) is 17.4 Å². The lowest BCUT2D eigenvalue weighted by Crippen LogP contribution is -2.24. The van der Waals surface area contributed by atoms with Crippen molar-refractivity contribution in [2.24, 2.45) is 0 Å². The van der Waals surface area contributed by atoms with Crippen LogP contribution in [0, 0.1) is 11.3 Å². The summed E-state index contributed by atoms with van der Waals surface area (Å²) in [4.78, 5) is 11.8. The molecule has 0 fully saturated rings. The summed E-state index contributed by atoms with van der Waals surface area (Å²) in [7, 11) is 1.53. The zero-order valence-electron chi connectivity index (χ0n) is 11.1. The monoisotopic (exact) mass is 289 g/mol. The Bertz CT molecular complexity index is 747. The van der Waals surface area contributed by atoms with Gasteiger partial charge in [0.05, 0.1) is 17.8 Å². The second-order valence-electron chi connectivity index (χ2n) is 4.03. The molecule has 0 atom stereocenters. The normalized spacial score (nSPS) is 10.1. The van der Waals surface area contributed by atoms with E-state index in [2.05, 4.69) is 5.10 Å². The third-order valence-corrected chi connectivity index (χ3v) is 3.14. The maximum Gasteiger partial charge on any atom is 0.284 e. The van der Waals surface area contributed by atoms with Crippen LogP contribution in [0.5, 0.6) is 5.75 Å². The second kappa shape index (κ2) is 5.76.